The van der Waals surface area contributed by atoms with Gasteiger partial charge in [-0.1, -0.05) is 0 Å². The molecule has 0 bridgehead atoms. The van der Waals surface area contributed by atoms with Crippen molar-refractivity contribution in [2.45, 2.75) is 12.6 Å². The van der Waals surface area contributed by atoms with Crippen LogP contribution in [0.2, 0.25) is 0 Å². The van der Waals surface area contributed by atoms with Gasteiger partial charge in [0.05, 0.1) is 6.54 Å². The van der Waals surface area contributed by atoms with E-state index in [1.807, 2.05) is 9.44 Å². The predicted octanol–water partition coefficient (Wildman–Crippen LogP) is -1.09. The van der Waals surface area contributed by atoms with E-state index in [0.29, 0.717) is 4.90 Å². The number of carboxylic acids is 1. The highest BCUT2D eigenvalue weighted by atomic mass is 32.2. The lowest BCUT2D eigenvalue weighted by molar-refractivity contribution is -0.227. The highest BCUT2D eigenvalue weighted by molar-refractivity contribution is 7.87. The molecule has 0 aromatic rings. The standard InChI is InChI=1S/C9H14F3N3O5S/c1-13-21(19,20)14-4-6(16)15-3-2-8(5-15,7(17)18)9(10,11)12/h13-14H,2-5H2,1H3,(H,17,18). The second-order valence-electron chi connectivity index (χ2n) is 4.48. The summed E-state index contributed by atoms with van der Waals surface area (Å²) >= 11 is 0. The molecule has 1 amide bonds. The van der Waals surface area contributed by atoms with Crippen molar-refractivity contribution in [3.63, 3.8) is 0 Å². The number of alkyl halides is 3. The van der Waals surface area contributed by atoms with Gasteiger partial charge in [0.2, 0.25) is 5.91 Å². The Kier molecular flexibility index (Phi) is 4.85. The quantitative estimate of drug-likeness (QED) is 0.591. The van der Waals surface area contributed by atoms with Crippen LogP contribution in [0.25, 0.3) is 0 Å². The van der Waals surface area contributed by atoms with Crippen LogP contribution in [0.4, 0.5) is 13.2 Å². The van der Waals surface area contributed by atoms with Gasteiger partial charge in [-0.05, 0) is 6.42 Å². The Morgan fingerprint density at radius 3 is 2.33 bits per heavy atom. The summed E-state index contributed by atoms with van der Waals surface area (Å²) in [7, 11) is -2.82. The van der Waals surface area contributed by atoms with Crippen molar-refractivity contribution in [3.8, 4) is 0 Å². The SMILES string of the molecule is CNS(=O)(=O)NCC(=O)N1CCC(C(=O)O)(C(F)(F)F)C1. The lowest BCUT2D eigenvalue weighted by Gasteiger charge is -2.27. The van der Waals surface area contributed by atoms with Gasteiger partial charge >= 0.3 is 12.1 Å². The molecule has 1 heterocycles. The van der Waals surface area contributed by atoms with Crippen LogP contribution in [0.5, 0.6) is 0 Å². The molecule has 1 aliphatic rings. The first-order chi connectivity index (χ1) is 9.45. The fraction of sp³-hybridized carbons (Fsp3) is 0.778. The Morgan fingerprint density at radius 2 is 1.95 bits per heavy atom. The van der Waals surface area contributed by atoms with Gasteiger partial charge in [-0.25, -0.2) is 4.72 Å². The summed E-state index contributed by atoms with van der Waals surface area (Å²) in [5.41, 5.74) is -3.01. The van der Waals surface area contributed by atoms with E-state index in [1.165, 1.54) is 0 Å². The number of amides is 1. The van der Waals surface area contributed by atoms with Crippen LogP contribution in [0.3, 0.4) is 0 Å². The van der Waals surface area contributed by atoms with Crippen LogP contribution in [0.1, 0.15) is 6.42 Å². The lowest BCUT2D eigenvalue weighted by atomic mass is 9.86. The molecular formula is C9H14F3N3O5S. The molecule has 0 saturated carbocycles. The predicted molar refractivity (Wildman–Crippen MR) is 63.3 cm³/mol. The first-order valence-electron chi connectivity index (χ1n) is 5.71. The van der Waals surface area contributed by atoms with Gasteiger partial charge < -0.3 is 10.0 Å². The topological polar surface area (TPSA) is 116 Å². The number of nitrogens with zero attached hydrogens (tertiary/aromatic N) is 1. The third-order valence-electron chi connectivity index (χ3n) is 3.26. The van der Waals surface area contributed by atoms with E-state index in [-0.39, 0.29) is 0 Å². The van der Waals surface area contributed by atoms with E-state index in [0.717, 1.165) is 7.05 Å². The minimum atomic E-state index is -5.00. The molecule has 0 spiro atoms. The van der Waals surface area contributed by atoms with E-state index >= 15 is 0 Å². The van der Waals surface area contributed by atoms with E-state index in [2.05, 4.69) is 0 Å². The Hall–Kier alpha value is -1.40. The van der Waals surface area contributed by atoms with Crippen LogP contribution in [0, 0.1) is 5.41 Å². The number of rotatable bonds is 5. The molecule has 0 radical (unpaired) electrons. The second kappa shape index (κ2) is 5.77. The number of carbonyl (C=O) groups is 2. The van der Waals surface area contributed by atoms with Crippen molar-refractivity contribution >= 4 is 22.1 Å². The molecule has 1 aliphatic heterocycles. The van der Waals surface area contributed by atoms with Crippen LogP contribution in [-0.2, 0) is 19.8 Å². The number of nitrogens with one attached hydrogen (secondary N) is 2. The molecule has 1 saturated heterocycles. The average Bonchev–Trinajstić information content (AvgIpc) is 2.82. The van der Waals surface area contributed by atoms with Crippen molar-refractivity contribution in [3.05, 3.63) is 0 Å². The highest BCUT2D eigenvalue weighted by Gasteiger charge is 2.64. The van der Waals surface area contributed by atoms with E-state index in [4.69, 9.17) is 5.11 Å². The first-order valence-corrected chi connectivity index (χ1v) is 7.19. The largest absolute Gasteiger partial charge is 0.481 e. The molecule has 122 valence electrons. The summed E-state index contributed by atoms with van der Waals surface area (Å²) in [5, 5.41) is 8.82. The maximum atomic E-state index is 12.9. The van der Waals surface area contributed by atoms with Crippen LogP contribution < -0.4 is 9.44 Å². The molecule has 21 heavy (non-hydrogen) atoms. The smallest absolute Gasteiger partial charge is 0.406 e. The van der Waals surface area contributed by atoms with Gasteiger partial charge in [-0.15, -0.1) is 0 Å². The second-order valence-corrected chi connectivity index (χ2v) is 6.18. The molecule has 0 aliphatic carbocycles. The fourth-order valence-electron chi connectivity index (χ4n) is 1.89. The van der Waals surface area contributed by atoms with Gasteiger partial charge in [0.15, 0.2) is 5.41 Å². The molecule has 1 atom stereocenters. The summed E-state index contributed by atoms with van der Waals surface area (Å²) in [6.45, 7) is -2.20. The number of likely N-dealkylation sites (tertiary alicyclic amines) is 1. The molecule has 1 unspecified atom stereocenters. The summed E-state index contributed by atoms with van der Waals surface area (Å²) in [5.74, 6) is -2.98. The highest BCUT2D eigenvalue weighted by Crippen LogP contribution is 2.45. The summed E-state index contributed by atoms with van der Waals surface area (Å²) in [6, 6.07) is 0. The summed E-state index contributed by atoms with van der Waals surface area (Å²) < 4.78 is 64.5. The molecule has 1 fully saturated rings. The maximum Gasteiger partial charge on any atom is 0.406 e. The number of carbonyl (C=O) groups excluding carboxylic acids is 1. The zero-order valence-electron chi connectivity index (χ0n) is 10.9. The number of halogens is 3. The molecule has 12 heteroatoms. The van der Waals surface area contributed by atoms with Crippen molar-refractivity contribution in [2.24, 2.45) is 5.41 Å². The van der Waals surface area contributed by atoms with Gasteiger partial charge in [-0.2, -0.15) is 26.3 Å². The van der Waals surface area contributed by atoms with Gasteiger partial charge in [0.25, 0.3) is 10.2 Å². The Morgan fingerprint density at radius 1 is 1.38 bits per heavy atom. The lowest BCUT2D eigenvalue weighted by Crippen LogP contribution is -2.49. The maximum absolute atomic E-state index is 12.9. The summed E-state index contributed by atoms with van der Waals surface area (Å²) in [6.07, 6.45) is -5.77. The molecule has 3 N–H and O–H groups in total. The number of aliphatic carboxylic acids is 1. The minimum absolute atomic E-state index is 0.411. The Bertz CT molecular complexity index is 535. The number of hydrogen-bond acceptors (Lipinski definition) is 4. The molecular weight excluding hydrogens is 319 g/mol. The zero-order valence-corrected chi connectivity index (χ0v) is 11.7. The first kappa shape index (κ1) is 17.7. The third kappa shape index (κ3) is 3.63. The number of hydrogen-bond donors (Lipinski definition) is 3. The van der Waals surface area contributed by atoms with E-state index in [1.54, 1.807) is 0 Å². The van der Waals surface area contributed by atoms with Crippen molar-refractivity contribution in [1.29, 1.82) is 0 Å². The molecule has 8 nitrogen and oxygen atoms in total. The van der Waals surface area contributed by atoms with Crippen molar-refractivity contribution in [1.82, 2.24) is 14.3 Å². The van der Waals surface area contributed by atoms with Crippen molar-refractivity contribution in [2.75, 3.05) is 26.7 Å². The van der Waals surface area contributed by atoms with Crippen LogP contribution in [-0.4, -0.2) is 63.2 Å². The Balaban J connectivity index is 2.77. The molecule has 0 aromatic carbocycles. The van der Waals surface area contributed by atoms with E-state index < -0.39 is 59.7 Å². The van der Waals surface area contributed by atoms with Gasteiger partial charge in [0.1, 0.15) is 0 Å². The molecule has 1 rings (SSSR count). The van der Waals surface area contributed by atoms with Crippen molar-refractivity contribution < 1.29 is 36.3 Å². The number of carboxylic acid groups (broad SMARTS) is 1. The monoisotopic (exact) mass is 333 g/mol. The minimum Gasteiger partial charge on any atom is -0.481 e. The zero-order chi connectivity index (χ0) is 16.5. The van der Waals surface area contributed by atoms with Gasteiger partial charge in [0, 0.05) is 20.1 Å². The summed E-state index contributed by atoms with van der Waals surface area (Å²) in [4.78, 5) is 23.3. The molecule has 0 aromatic heterocycles. The van der Waals surface area contributed by atoms with Crippen LogP contribution >= 0.6 is 0 Å². The average molecular weight is 333 g/mol. The van der Waals surface area contributed by atoms with Crippen LogP contribution in [0.15, 0.2) is 0 Å². The normalized spacial score (nSPS) is 23.3. The Labute approximate surface area is 118 Å². The van der Waals surface area contributed by atoms with Gasteiger partial charge in [-0.3, -0.25) is 9.59 Å². The third-order valence-corrected chi connectivity index (χ3v) is 4.32. The van der Waals surface area contributed by atoms with E-state index in [9.17, 15) is 31.2 Å². The fourth-order valence-corrected chi connectivity index (χ4v) is 2.35.